The average Bonchev–Trinajstić information content (AvgIpc) is 2.51. The molecule has 0 saturated heterocycles. The van der Waals surface area contributed by atoms with Crippen LogP contribution in [0.2, 0.25) is 41.8 Å². The molecule has 0 aromatic heterocycles. The first-order valence-corrected chi connectivity index (χ1v) is 14.9. The zero-order chi connectivity index (χ0) is 17.6. The molecule has 1 nitrogen and oxygen atoms in total. The van der Waals surface area contributed by atoms with Crippen molar-refractivity contribution in [2.45, 2.75) is 97.2 Å². The number of hydrogen-bond donors (Lipinski definition) is 0. The van der Waals surface area contributed by atoms with E-state index in [-0.39, 0.29) is 0 Å². The molecule has 128 valence electrons. The molecular formula is C19H38OSi2. The maximum atomic E-state index is 13.5. The fourth-order valence-corrected chi connectivity index (χ4v) is 15.7. The zero-order valence-corrected chi connectivity index (χ0v) is 18.8. The Balaban J connectivity index is 3.60. The van der Waals surface area contributed by atoms with Gasteiger partial charge in [0.2, 0.25) is 0 Å². The molecule has 1 rings (SSSR count). The molecule has 0 aliphatic heterocycles. The van der Waals surface area contributed by atoms with Crippen molar-refractivity contribution in [3.8, 4) is 0 Å². The lowest BCUT2D eigenvalue weighted by Gasteiger charge is -2.44. The van der Waals surface area contributed by atoms with Gasteiger partial charge in [-0.1, -0.05) is 73.7 Å². The molecule has 0 unspecified atom stereocenters. The number of rotatable bonds is 5. The summed E-state index contributed by atoms with van der Waals surface area (Å²) in [5.74, 6) is 1.00. The van der Waals surface area contributed by atoms with Crippen LogP contribution in [0.25, 0.3) is 0 Å². The number of ketones is 1. The van der Waals surface area contributed by atoms with E-state index >= 15 is 0 Å². The maximum Gasteiger partial charge on any atom is 0.155 e. The first-order valence-electron chi connectivity index (χ1n) is 9.06. The maximum absolute atomic E-state index is 13.5. The second-order valence-electron chi connectivity index (χ2n) is 9.45. The monoisotopic (exact) mass is 338 g/mol. The number of carbonyl (C=O) groups excluding carboxylic acids is 1. The number of Topliss-reactive ketones (excluding diaryl/α,β-unsaturated/α-hetero) is 1. The second-order valence-corrected chi connectivity index (χ2v) is 20.6. The van der Waals surface area contributed by atoms with Crippen LogP contribution in [0.4, 0.5) is 0 Å². The van der Waals surface area contributed by atoms with Crippen LogP contribution in [-0.4, -0.2) is 21.9 Å². The average molecular weight is 339 g/mol. The van der Waals surface area contributed by atoms with Gasteiger partial charge < -0.3 is 0 Å². The smallest absolute Gasteiger partial charge is 0.155 e. The molecule has 0 heterocycles. The predicted octanol–water partition coefficient (Wildman–Crippen LogP) is 6.45. The van der Waals surface area contributed by atoms with E-state index in [1.807, 2.05) is 0 Å². The van der Waals surface area contributed by atoms with Crippen molar-refractivity contribution in [3.05, 3.63) is 10.8 Å². The van der Waals surface area contributed by atoms with Gasteiger partial charge in [0.1, 0.15) is 0 Å². The van der Waals surface area contributed by atoms with E-state index in [0.717, 1.165) is 0 Å². The summed E-state index contributed by atoms with van der Waals surface area (Å²) in [5, 5.41) is 1.34. The lowest BCUT2D eigenvalue weighted by Crippen LogP contribution is -2.50. The van der Waals surface area contributed by atoms with E-state index in [2.05, 4.69) is 75.0 Å². The van der Waals surface area contributed by atoms with E-state index < -0.39 is 16.1 Å². The second kappa shape index (κ2) is 6.39. The first kappa shape index (κ1) is 19.9. The van der Waals surface area contributed by atoms with Crippen molar-refractivity contribution in [1.82, 2.24) is 0 Å². The molecule has 0 amide bonds. The molecule has 0 spiro atoms. The van der Waals surface area contributed by atoms with Gasteiger partial charge in [0.25, 0.3) is 0 Å². The van der Waals surface area contributed by atoms with Gasteiger partial charge in [0.05, 0.1) is 16.1 Å². The molecule has 0 fully saturated rings. The van der Waals surface area contributed by atoms with Crippen LogP contribution in [0.1, 0.15) is 55.4 Å². The zero-order valence-electron chi connectivity index (χ0n) is 16.8. The van der Waals surface area contributed by atoms with E-state index in [1.54, 1.807) is 0 Å². The van der Waals surface area contributed by atoms with Crippen molar-refractivity contribution >= 4 is 21.9 Å². The van der Waals surface area contributed by atoms with Crippen LogP contribution in [0, 0.1) is 5.92 Å². The molecule has 3 heteroatoms. The van der Waals surface area contributed by atoms with Crippen molar-refractivity contribution in [1.29, 1.82) is 0 Å². The Bertz CT molecular complexity index is 445. The minimum atomic E-state index is -1.83. The molecule has 0 aromatic rings. The molecule has 22 heavy (non-hydrogen) atoms. The molecule has 1 aliphatic carbocycles. The highest BCUT2D eigenvalue weighted by atomic mass is 28.3. The van der Waals surface area contributed by atoms with Crippen molar-refractivity contribution in [2.24, 2.45) is 5.92 Å². The molecule has 0 bridgehead atoms. The van der Waals surface area contributed by atoms with E-state index in [1.165, 1.54) is 10.8 Å². The topological polar surface area (TPSA) is 17.1 Å². The summed E-state index contributed by atoms with van der Waals surface area (Å²) in [6.07, 6.45) is 0. The minimum Gasteiger partial charge on any atom is -0.295 e. The molecule has 0 saturated carbocycles. The predicted molar refractivity (Wildman–Crippen MR) is 105 cm³/mol. The Hall–Kier alpha value is -0.156. The van der Waals surface area contributed by atoms with Crippen LogP contribution in [0.5, 0.6) is 0 Å². The van der Waals surface area contributed by atoms with E-state index in [0.29, 0.717) is 33.9 Å². The summed E-state index contributed by atoms with van der Waals surface area (Å²) in [6.45, 7) is 25.9. The molecule has 0 aromatic carbocycles. The summed E-state index contributed by atoms with van der Waals surface area (Å²) in [6, 6.07) is 0. The van der Waals surface area contributed by atoms with Crippen molar-refractivity contribution < 1.29 is 4.79 Å². The van der Waals surface area contributed by atoms with Gasteiger partial charge in [-0.05, 0) is 34.7 Å². The summed E-state index contributed by atoms with van der Waals surface area (Å²) >= 11 is 0. The fraction of sp³-hybridized carbons (Fsp3) is 0.842. The SMILES string of the molecule is CC1=C([Si](C(C)C)(C(C)C)C(C)C)C(=O)[C@H]([Si](C)(C)C)[C@H]1C. The minimum absolute atomic E-state index is 0.297. The highest BCUT2D eigenvalue weighted by Crippen LogP contribution is 2.55. The lowest BCUT2D eigenvalue weighted by atomic mass is 10.1. The molecule has 2 atom stereocenters. The summed E-state index contributed by atoms with van der Waals surface area (Å²) in [4.78, 5) is 13.5. The summed E-state index contributed by atoms with van der Waals surface area (Å²) in [7, 11) is -3.32. The van der Waals surface area contributed by atoms with Crippen molar-refractivity contribution in [3.63, 3.8) is 0 Å². The summed E-state index contributed by atoms with van der Waals surface area (Å²) < 4.78 is 0. The standard InChI is InChI=1S/C19H38OSi2/c1-12(2)22(13(3)4,14(5)6)19-16(8)15(7)18(17(19)20)21(9,10)11/h12-15,18H,1-11H3/t15-,18+/m0/s1. The van der Waals surface area contributed by atoms with Crippen LogP contribution >= 0.6 is 0 Å². The quantitative estimate of drug-likeness (QED) is 0.526. The Labute approximate surface area is 141 Å². The van der Waals surface area contributed by atoms with E-state index in [9.17, 15) is 4.79 Å². The third-order valence-electron chi connectivity index (χ3n) is 6.34. The van der Waals surface area contributed by atoms with Gasteiger partial charge in [-0.15, -0.1) is 0 Å². The molecular weight excluding hydrogens is 300 g/mol. The van der Waals surface area contributed by atoms with Gasteiger partial charge in [-0.3, -0.25) is 4.79 Å². The molecule has 1 aliphatic rings. The lowest BCUT2D eigenvalue weighted by molar-refractivity contribution is -0.114. The normalized spacial score (nSPS) is 24.4. The van der Waals surface area contributed by atoms with Gasteiger partial charge in [0, 0.05) is 5.54 Å². The number of carbonyl (C=O) groups is 1. The highest BCUT2D eigenvalue weighted by Gasteiger charge is 2.55. The Kier molecular flexibility index (Phi) is 5.78. The van der Waals surface area contributed by atoms with Crippen molar-refractivity contribution in [2.75, 3.05) is 0 Å². The largest absolute Gasteiger partial charge is 0.295 e. The third kappa shape index (κ3) is 2.84. The Morgan fingerprint density at radius 2 is 1.23 bits per heavy atom. The highest BCUT2D eigenvalue weighted by molar-refractivity contribution is 6.95. The Morgan fingerprint density at radius 1 is 0.864 bits per heavy atom. The van der Waals surface area contributed by atoms with Crippen LogP contribution < -0.4 is 0 Å². The van der Waals surface area contributed by atoms with Crippen LogP contribution in [0.15, 0.2) is 10.8 Å². The van der Waals surface area contributed by atoms with Gasteiger partial charge >= 0.3 is 0 Å². The number of allylic oxidation sites excluding steroid dienone is 2. The third-order valence-corrected chi connectivity index (χ3v) is 16.2. The van der Waals surface area contributed by atoms with Gasteiger partial charge in [0.15, 0.2) is 5.78 Å². The van der Waals surface area contributed by atoms with E-state index in [4.69, 9.17) is 0 Å². The van der Waals surface area contributed by atoms with Crippen LogP contribution in [0.3, 0.4) is 0 Å². The summed E-state index contributed by atoms with van der Waals surface area (Å²) in [5.41, 5.74) is 3.60. The molecule has 0 radical (unpaired) electrons. The molecule has 0 N–H and O–H groups in total. The Morgan fingerprint density at radius 3 is 1.45 bits per heavy atom. The van der Waals surface area contributed by atoms with Gasteiger partial charge in [-0.25, -0.2) is 0 Å². The fourth-order valence-electron chi connectivity index (χ4n) is 5.62. The first-order chi connectivity index (χ1) is 9.81. The van der Waals surface area contributed by atoms with Gasteiger partial charge in [-0.2, -0.15) is 0 Å². The van der Waals surface area contributed by atoms with Crippen LogP contribution in [-0.2, 0) is 4.79 Å². The number of hydrogen-bond acceptors (Lipinski definition) is 1.